The Morgan fingerprint density at radius 3 is 1.54 bits per heavy atom. The number of anilines is 6. The van der Waals surface area contributed by atoms with Crippen LogP contribution >= 0.6 is 0 Å². The Morgan fingerprint density at radius 2 is 0.949 bits per heavy atom. The maximum absolute atomic E-state index is 7.80. The van der Waals surface area contributed by atoms with Crippen molar-refractivity contribution >= 4 is 68.4 Å². The molecule has 13 rings (SSSR count). The lowest BCUT2D eigenvalue weighted by atomic mass is 9.35. The smallest absolute Gasteiger partial charge is 0.297 e. The fourth-order valence-electron chi connectivity index (χ4n) is 15.0. The largest absolute Gasteiger partial charge is 0.496 e. The highest BCUT2D eigenvalue weighted by molar-refractivity contribution is 7.00. The van der Waals surface area contributed by atoms with Crippen molar-refractivity contribution in [2.24, 2.45) is 0 Å². The van der Waals surface area contributed by atoms with Crippen LogP contribution < -0.4 is 31.1 Å². The van der Waals surface area contributed by atoms with Crippen molar-refractivity contribution in [3.63, 3.8) is 0 Å². The van der Waals surface area contributed by atoms with Crippen LogP contribution in [0.2, 0.25) is 0 Å². The number of ether oxygens (including phenoxy) is 1. The van der Waals surface area contributed by atoms with E-state index in [9.17, 15) is 0 Å². The predicted molar refractivity (Wildman–Crippen MR) is 332 cm³/mol. The zero-order valence-electron chi connectivity index (χ0n) is 49.7. The molecule has 0 fully saturated rings. The van der Waals surface area contributed by atoms with Crippen molar-refractivity contribution in [3.8, 4) is 28.0 Å². The Kier molecular flexibility index (Phi) is 11.0. The van der Waals surface area contributed by atoms with E-state index >= 15 is 0 Å². The molecule has 2 aliphatic heterocycles. The number of furan rings is 1. The molecule has 0 atom stereocenters. The molecule has 0 bridgehead atoms. The molecular weight excluding hydrogens is 948 g/mol. The minimum atomic E-state index is -0.190. The van der Waals surface area contributed by atoms with Crippen LogP contribution in [0.25, 0.3) is 33.2 Å². The standard InChI is InChI=1S/C73H81BN2O2/c1-67(2,3)45-25-27-46(28-26-45)76-61-38-44(48-21-17-18-22-49(48)50-23-19-20-24-62(50)77-16)37-60-64(61)74(66-65(76)51-40-54-57(43-63(51)78-66)73(14,15)36-33-70(54,8)9)58-41-55-56(72(12,13)35-34-71(55,10)11)42-59(58)75(60)47-29-30-52-53(39-47)69(6,7)32-31-68(52,4)5/h17-30,37-43H,31-36H2,1-16H3. The molecule has 78 heavy (non-hydrogen) atoms. The van der Waals surface area contributed by atoms with E-state index in [0.29, 0.717) is 0 Å². The lowest BCUT2D eigenvalue weighted by Gasteiger charge is -2.47. The number of benzene rings is 7. The van der Waals surface area contributed by atoms with Gasteiger partial charge in [-0.05, 0) is 204 Å². The number of rotatable bonds is 5. The molecule has 8 aromatic rings. The first-order valence-electron chi connectivity index (χ1n) is 29.3. The van der Waals surface area contributed by atoms with Gasteiger partial charge in [-0.25, -0.2) is 0 Å². The zero-order chi connectivity index (χ0) is 55.0. The van der Waals surface area contributed by atoms with E-state index in [0.717, 1.165) is 82.7 Å². The van der Waals surface area contributed by atoms with Gasteiger partial charge in [-0.2, -0.15) is 0 Å². The molecule has 0 saturated carbocycles. The summed E-state index contributed by atoms with van der Waals surface area (Å²) in [6, 6.07) is 49.8. The first-order valence-corrected chi connectivity index (χ1v) is 29.3. The molecule has 0 saturated heterocycles. The van der Waals surface area contributed by atoms with E-state index in [2.05, 4.69) is 241 Å². The third-order valence-electron chi connectivity index (χ3n) is 20.3. The van der Waals surface area contributed by atoms with Crippen molar-refractivity contribution in [2.75, 3.05) is 16.9 Å². The molecule has 0 N–H and O–H groups in total. The van der Waals surface area contributed by atoms with Crippen molar-refractivity contribution < 1.29 is 9.15 Å². The second-order valence-corrected chi connectivity index (χ2v) is 29.3. The molecule has 5 aliphatic rings. The van der Waals surface area contributed by atoms with Crippen LogP contribution in [-0.2, 0) is 37.9 Å². The first-order chi connectivity index (χ1) is 36.7. The second kappa shape index (κ2) is 16.8. The maximum atomic E-state index is 7.80. The third-order valence-corrected chi connectivity index (χ3v) is 20.3. The molecule has 3 heterocycles. The van der Waals surface area contributed by atoms with Crippen LogP contribution in [0.3, 0.4) is 0 Å². The summed E-state index contributed by atoms with van der Waals surface area (Å²) in [5, 5.41) is 1.18. The van der Waals surface area contributed by atoms with E-state index in [1.807, 2.05) is 0 Å². The van der Waals surface area contributed by atoms with Gasteiger partial charge in [0.1, 0.15) is 11.3 Å². The lowest BCUT2D eigenvalue weighted by Crippen LogP contribution is -2.61. The van der Waals surface area contributed by atoms with Crippen LogP contribution in [0.5, 0.6) is 5.75 Å². The molecule has 0 spiro atoms. The van der Waals surface area contributed by atoms with E-state index in [4.69, 9.17) is 9.15 Å². The van der Waals surface area contributed by atoms with Gasteiger partial charge in [-0.15, -0.1) is 0 Å². The highest BCUT2D eigenvalue weighted by atomic mass is 16.5. The van der Waals surface area contributed by atoms with Gasteiger partial charge in [0, 0.05) is 39.4 Å². The van der Waals surface area contributed by atoms with Crippen molar-refractivity contribution in [3.05, 3.63) is 166 Å². The number of methoxy groups -OCH3 is 1. The summed E-state index contributed by atoms with van der Waals surface area (Å²) in [6.45, 7) is 36.3. The summed E-state index contributed by atoms with van der Waals surface area (Å²) >= 11 is 0. The number of fused-ring (bicyclic) bond motifs is 9. The molecule has 398 valence electrons. The average molecular weight is 1030 g/mol. The minimum absolute atomic E-state index is 0.00550. The predicted octanol–water partition coefficient (Wildman–Crippen LogP) is 18.2. The molecule has 1 aromatic heterocycles. The van der Waals surface area contributed by atoms with Gasteiger partial charge >= 0.3 is 0 Å². The van der Waals surface area contributed by atoms with Crippen LogP contribution in [0.15, 0.2) is 132 Å². The van der Waals surface area contributed by atoms with Crippen molar-refractivity contribution in [1.82, 2.24) is 0 Å². The quantitative estimate of drug-likeness (QED) is 0.161. The highest BCUT2D eigenvalue weighted by Crippen LogP contribution is 2.56. The molecule has 0 unspecified atom stereocenters. The molecule has 0 amide bonds. The topological polar surface area (TPSA) is 28.9 Å². The summed E-state index contributed by atoms with van der Waals surface area (Å²) in [5.41, 5.74) is 26.4. The summed E-state index contributed by atoms with van der Waals surface area (Å²) in [5.74, 6) is 0.860. The van der Waals surface area contributed by atoms with Crippen LogP contribution in [-0.4, -0.2) is 13.8 Å². The monoisotopic (exact) mass is 1030 g/mol. The number of hydrogen-bond acceptors (Lipinski definition) is 4. The number of para-hydroxylation sites is 1. The van der Waals surface area contributed by atoms with Gasteiger partial charge in [-0.1, -0.05) is 171 Å². The summed E-state index contributed by atoms with van der Waals surface area (Å²) in [4.78, 5) is 5.30. The highest BCUT2D eigenvalue weighted by Gasteiger charge is 2.50. The molecular formula is C73H81BN2O2. The fourth-order valence-corrected chi connectivity index (χ4v) is 15.0. The van der Waals surface area contributed by atoms with Crippen LogP contribution in [0, 0.1) is 0 Å². The molecule has 7 aromatic carbocycles. The van der Waals surface area contributed by atoms with Crippen LogP contribution in [0.1, 0.15) is 181 Å². The van der Waals surface area contributed by atoms with Gasteiger partial charge in [-0.3, -0.25) is 0 Å². The van der Waals surface area contributed by atoms with Gasteiger partial charge in [0.05, 0.1) is 18.5 Å². The van der Waals surface area contributed by atoms with E-state index in [1.54, 1.807) is 7.11 Å². The Morgan fingerprint density at radius 1 is 0.462 bits per heavy atom. The molecule has 3 aliphatic carbocycles. The summed E-state index contributed by atoms with van der Waals surface area (Å²) in [6.07, 6.45) is 6.86. The SMILES string of the molecule is COc1ccccc1-c1ccccc1-c1cc2c3c(c1)N(c1ccc(C(C)(C)C)cc1)c1c(oc4cc5c(cc14)C(C)(C)CCC5(C)C)B3c1cc3c(cc1N2c1ccc2c(c1)C(C)(C)CCC2(C)C)C(C)(C)CCC3(C)C. The number of hydrogen-bond donors (Lipinski definition) is 0. The van der Waals surface area contributed by atoms with Gasteiger partial charge in [0.25, 0.3) is 6.71 Å². The van der Waals surface area contributed by atoms with Crippen LogP contribution in [0.4, 0.5) is 34.1 Å². The Bertz CT molecular complexity index is 3800. The Balaban J connectivity index is 1.20. The summed E-state index contributed by atoms with van der Waals surface area (Å²) < 4.78 is 13.9. The number of nitrogens with zero attached hydrogens (tertiary/aromatic N) is 2. The minimum Gasteiger partial charge on any atom is -0.496 e. The van der Waals surface area contributed by atoms with Gasteiger partial charge in [0.2, 0.25) is 0 Å². The maximum Gasteiger partial charge on any atom is 0.297 e. The fraction of sp³-hybridized carbons (Fsp3) is 0.397. The normalized spacial score (nSPS) is 19.5. The van der Waals surface area contributed by atoms with Crippen molar-refractivity contribution in [1.29, 1.82) is 0 Å². The van der Waals surface area contributed by atoms with E-state index in [-0.39, 0.29) is 44.6 Å². The Hall–Kier alpha value is -6.46. The van der Waals surface area contributed by atoms with Crippen molar-refractivity contribution in [2.45, 2.75) is 180 Å². The Labute approximate surface area is 466 Å². The summed E-state index contributed by atoms with van der Waals surface area (Å²) in [7, 11) is 1.79. The van der Waals surface area contributed by atoms with E-state index < -0.39 is 0 Å². The van der Waals surface area contributed by atoms with Gasteiger partial charge < -0.3 is 19.0 Å². The second-order valence-electron chi connectivity index (χ2n) is 29.3. The molecule has 4 nitrogen and oxygen atoms in total. The first kappa shape index (κ1) is 51.0. The zero-order valence-corrected chi connectivity index (χ0v) is 49.7. The average Bonchev–Trinajstić information content (AvgIpc) is 3.07. The third kappa shape index (κ3) is 7.59. The molecule has 0 radical (unpaired) electrons. The molecule has 5 heteroatoms. The lowest BCUT2D eigenvalue weighted by molar-refractivity contribution is 0.332. The van der Waals surface area contributed by atoms with Gasteiger partial charge in [0.15, 0.2) is 0 Å². The van der Waals surface area contributed by atoms with E-state index in [1.165, 1.54) is 84.4 Å².